The lowest BCUT2D eigenvalue weighted by atomic mass is 10.1. The molecule has 2 N–H and O–H groups in total. The molecule has 15 heavy (non-hydrogen) atoms. The van der Waals surface area contributed by atoms with E-state index in [9.17, 15) is 4.79 Å². The van der Waals surface area contributed by atoms with Gasteiger partial charge in [-0.05, 0) is 19.1 Å². The predicted molar refractivity (Wildman–Crippen MR) is 53.6 cm³/mol. The van der Waals surface area contributed by atoms with Gasteiger partial charge in [-0.25, -0.2) is 0 Å². The molecule has 0 aliphatic rings. The molecule has 5 nitrogen and oxygen atoms in total. The number of ether oxygens (including phenoxy) is 1. The predicted octanol–water partition coefficient (Wildman–Crippen LogP) is 0.834. The zero-order valence-corrected chi connectivity index (χ0v) is 8.30. The molecule has 0 aliphatic heterocycles. The summed E-state index contributed by atoms with van der Waals surface area (Å²) in [6, 6.07) is 4.91. The highest BCUT2D eigenvalue weighted by atomic mass is 16.5. The van der Waals surface area contributed by atoms with Gasteiger partial charge in [0, 0.05) is 11.9 Å². The summed E-state index contributed by atoms with van der Waals surface area (Å²) >= 11 is 0. The van der Waals surface area contributed by atoms with Crippen LogP contribution in [0.4, 0.5) is 5.69 Å². The van der Waals surface area contributed by atoms with Gasteiger partial charge >= 0.3 is 5.97 Å². The SMILES string of the molecule is CCOC(=O)C(C#N)c1cc(N)ccn1. The minimum atomic E-state index is -1.01. The van der Waals surface area contributed by atoms with Crippen LogP contribution in [0.5, 0.6) is 0 Å². The Morgan fingerprint density at radius 1 is 1.80 bits per heavy atom. The van der Waals surface area contributed by atoms with E-state index in [1.54, 1.807) is 13.0 Å². The van der Waals surface area contributed by atoms with Gasteiger partial charge in [0.05, 0.1) is 18.4 Å². The van der Waals surface area contributed by atoms with E-state index in [0.717, 1.165) is 0 Å². The van der Waals surface area contributed by atoms with Crippen LogP contribution >= 0.6 is 0 Å². The molecule has 1 rings (SSSR count). The number of nitrogens with two attached hydrogens (primary N) is 1. The quantitative estimate of drug-likeness (QED) is 0.738. The van der Waals surface area contributed by atoms with Crippen molar-refractivity contribution in [2.45, 2.75) is 12.8 Å². The molecule has 1 heterocycles. The number of rotatable bonds is 3. The lowest BCUT2D eigenvalue weighted by Gasteiger charge is -2.07. The molecule has 0 saturated carbocycles. The minimum Gasteiger partial charge on any atom is -0.465 e. The van der Waals surface area contributed by atoms with Crippen LogP contribution in [0, 0.1) is 11.3 Å². The van der Waals surface area contributed by atoms with Gasteiger partial charge in [-0.1, -0.05) is 0 Å². The maximum Gasteiger partial charge on any atom is 0.329 e. The Bertz CT molecular complexity index is 398. The Morgan fingerprint density at radius 2 is 2.53 bits per heavy atom. The second-order valence-corrected chi connectivity index (χ2v) is 2.83. The minimum absolute atomic E-state index is 0.235. The summed E-state index contributed by atoms with van der Waals surface area (Å²) < 4.78 is 4.75. The Balaban J connectivity index is 2.93. The molecule has 78 valence electrons. The lowest BCUT2D eigenvalue weighted by Crippen LogP contribution is -2.15. The number of hydrogen-bond donors (Lipinski definition) is 1. The van der Waals surface area contributed by atoms with Crippen LogP contribution < -0.4 is 5.73 Å². The number of pyridine rings is 1. The molecule has 1 unspecified atom stereocenters. The summed E-state index contributed by atoms with van der Waals surface area (Å²) in [5, 5.41) is 8.84. The lowest BCUT2D eigenvalue weighted by molar-refractivity contribution is -0.143. The second-order valence-electron chi connectivity index (χ2n) is 2.83. The third kappa shape index (κ3) is 2.68. The van der Waals surface area contributed by atoms with Crippen LogP contribution in [0.1, 0.15) is 18.5 Å². The number of aromatic nitrogens is 1. The van der Waals surface area contributed by atoms with E-state index < -0.39 is 11.9 Å². The number of nitrogens with zero attached hydrogens (tertiary/aromatic N) is 2. The Hall–Kier alpha value is -2.09. The fraction of sp³-hybridized carbons (Fsp3) is 0.300. The molecule has 1 aromatic rings. The highest BCUT2D eigenvalue weighted by Gasteiger charge is 2.22. The first-order valence-electron chi connectivity index (χ1n) is 4.46. The van der Waals surface area contributed by atoms with E-state index in [1.165, 1.54) is 12.3 Å². The van der Waals surface area contributed by atoms with Crippen molar-refractivity contribution in [1.82, 2.24) is 4.98 Å². The number of nitrogen functional groups attached to an aromatic ring is 1. The Labute approximate surface area is 87.5 Å². The van der Waals surface area contributed by atoms with Crippen LogP contribution in [0.15, 0.2) is 18.3 Å². The monoisotopic (exact) mass is 205 g/mol. The van der Waals surface area contributed by atoms with Gasteiger partial charge in [-0.3, -0.25) is 9.78 Å². The third-order valence-corrected chi connectivity index (χ3v) is 1.75. The van der Waals surface area contributed by atoms with Crippen molar-refractivity contribution in [3.05, 3.63) is 24.0 Å². The molecule has 1 aromatic heterocycles. The van der Waals surface area contributed by atoms with Gasteiger partial charge in [0.1, 0.15) is 0 Å². The molecule has 0 fully saturated rings. The average molecular weight is 205 g/mol. The van der Waals surface area contributed by atoms with E-state index >= 15 is 0 Å². The molecule has 0 spiro atoms. The van der Waals surface area contributed by atoms with Crippen LogP contribution in [0.25, 0.3) is 0 Å². The number of hydrogen-bond acceptors (Lipinski definition) is 5. The molecule has 5 heteroatoms. The smallest absolute Gasteiger partial charge is 0.329 e. The third-order valence-electron chi connectivity index (χ3n) is 1.75. The van der Waals surface area contributed by atoms with Crippen LogP contribution in [0.3, 0.4) is 0 Å². The van der Waals surface area contributed by atoms with Crippen molar-refractivity contribution in [3.8, 4) is 6.07 Å². The zero-order valence-electron chi connectivity index (χ0n) is 8.30. The number of nitriles is 1. The summed E-state index contributed by atoms with van der Waals surface area (Å²) in [6.45, 7) is 1.92. The summed E-state index contributed by atoms with van der Waals surface area (Å²) in [5.41, 5.74) is 6.30. The van der Waals surface area contributed by atoms with Crippen molar-refractivity contribution in [2.75, 3.05) is 12.3 Å². The Morgan fingerprint density at radius 3 is 3.07 bits per heavy atom. The summed E-state index contributed by atoms with van der Waals surface area (Å²) in [7, 11) is 0. The average Bonchev–Trinajstić information content (AvgIpc) is 2.19. The largest absolute Gasteiger partial charge is 0.465 e. The van der Waals surface area contributed by atoms with Crippen molar-refractivity contribution < 1.29 is 9.53 Å². The van der Waals surface area contributed by atoms with Crippen molar-refractivity contribution in [3.63, 3.8) is 0 Å². The fourth-order valence-electron chi connectivity index (χ4n) is 1.09. The second kappa shape index (κ2) is 4.96. The summed E-state index contributed by atoms with van der Waals surface area (Å²) in [5.74, 6) is -1.61. The van der Waals surface area contributed by atoms with Crippen LogP contribution in [-0.2, 0) is 9.53 Å². The van der Waals surface area contributed by atoms with Crippen molar-refractivity contribution in [1.29, 1.82) is 5.26 Å². The maximum absolute atomic E-state index is 11.4. The molecule has 1 atom stereocenters. The van der Waals surface area contributed by atoms with Gasteiger partial charge in [-0.2, -0.15) is 5.26 Å². The molecule has 0 aromatic carbocycles. The van der Waals surface area contributed by atoms with Gasteiger partial charge in [0.15, 0.2) is 5.92 Å². The first kappa shape index (κ1) is 11.0. The van der Waals surface area contributed by atoms with Gasteiger partial charge < -0.3 is 10.5 Å². The molecule has 0 bridgehead atoms. The fourth-order valence-corrected chi connectivity index (χ4v) is 1.09. The topological polar surface area (TPSA) is 89.0 Å². The van der Waals surface area contributed by atoms with E-state index in [-0.39, 0.29) is 6.61 Å². The van der Waals surface area contributed by atoms with E-state index in [0.29, 0.717) is 11.4 Å². The molecular formula is C10H11N3O2. The Kier molecular flexibility index (Phi) is 3.63. The maximum atomic E-state index is 11.4. The number of carbonyl (C=O) groups is 1. The molecule has 0 radical (unpaired) electrons. The number of anilines is 1. The van der Waals surface area contributed by atoms with Gasteiger partial charge in [-0.15, -0.1) is 0 Å². The normalized spacial score (nSPS) is 11.5. The summed E-state index contributed by atoms with van der Waals surface area (Å²) in [6.07, 6.45) is 1.45. The van der Waals surface area contributed by atoms with Gasteiger partial charge in [0.2, 0.25) is 0 Å². The molecule has 0 saturated heterocycles. The first-order valence-corrected chi connectivity index (χ1v) is 4.46. The standard InChI is InChI=1S/C10H11N3O2/c1-2-15-10(14)8(6-11)9-5-7(12)3-4-13-9/h3-5,8H,2H2,1H3,(H2,12,13). The van der Waals surface area contributed by atoms with Crippen LogP contribution in [-0.4, -0.2) is 17.6 Å². The highest BCUT2D eigenvalue weighted by Crippen LogP contribution is 2.16. The van der Waals surface area contributed by atoms with E-state index in [1.807, 2.05) is 6.07 Å². The highest BCUT2D eigenvalue weighted by molar-refractivity contribution is 5.80. The molecule has 0 amide bonds. The first-order chi connectivity index (χ1) is 7.19. The number of esters is 1. The van der Waals surface area contributed by atoms with E-state index in [2.05, 4.69) is 4.98 Å². The molecular weight excluding hydrogens is 194 g/mol. The summed E-state index contributed by atoms with van der Waals surface area (Å²) in [4.78, 5) is 15.3. The number of carbonyl (C=O) groups excluding carboxylic acids is 1. The van der Waals surface area contributed by atoms with Crippen LogP contribution in [0.2, 0.25) is 0 Å². The molecule has 0 aliphatic carbocycles. The van der Waals surface area contributed by atoms with E-state index in [4.69, 9.17) is 15.7 Å². The van der Waals surface area contributed by atoms with Crippen molar-refractivity contribution in [2.24, 2.45) is 0 Å². The zero-order chi connectivity index (χ0) is 11.3. The van der Waals surface area contributed by atoms with Gasteiger partial charge in [0.25, 0.3) is 0 Å². The van der Waals surface area contributed by atoms with Crippen molar-refractivity contribution >= 4 is 11.7 Å².